The molecule has 0 aliphatic carbocycles. The van der Waals surface area contributed by atoms with E-state index in [1.165, 1.54) is 29.7 Å². The predicted molar refractivity (Wildman–Crippen MR) is 104 cm³/mol. The van der Waals surface area contributed by atoms with E-state index in [0.717, 1.165) is 31.4 Å². The first kappa shape index (κ1) is 18.2. The Kier molecular flexibility index (Phi) is 6.05. The minimum Gasteiger partial charge on any atom is -0.399 e. The Morgan fingerprint density at radius 2 is 1.23 bits per heavy atom. The summed E-state index contributed by atoms with van der Waals surface area (Å²) < 4.78 is 0. The number of nitrogens with zero attached hydrogens (tertiary/aromatic N) is 1. The highest BCUT2D eigenvalue weighted by atomic mass is 16.2. The summed E-state index contributed by atoms with van der Waals surface area (Å²) in [4.78, 5) is 25.9. The number of amides is 2. The number of unbranched alkanes of at least 4 members (excludes halogenated alkanes) is 5. The Morgan fingerprint density at radius 3 is 1.85 bits per heavy atom. The quantitative estimate of drug-likeness (QED) is 0.413. The fraction of sp³-hybridized carbons (Fsp3) is 0.364. The van der Waals surface area contributed by atoms with Gasteiger partial charge in [0.2, 0.25) is 0 Å². The second-order valence-electron chi connectivity index (χ2n) is 6.92. The predicted octanol–water partition coefficient (Wildman–Crippen LogP) is 4.45. The summed E-state index contributed by atoms with van der Waals surface area (Å²) in [6.45, 7) is 0.526. The zero-order chi connectivity index (χ0) is 18.4. The molecular formula is C22H26N2O2. The van der Waals surface area contributed by atoms with Crippen LogP contribution in [0.4, 0.5) is 5.69 Å². The number of rotatable bonds is 9. The van der Waals surface area contributed by atoms with Crippen LogP contribution in [0.5, 0.6) is 0 Å². The average molecular weight is 350 g/mol. The van der Waals surface area contributed by atoms with Crippen molar-refractivity contribution in [1.82, 2.24) is 4.90 Å². The largest absolute Gasteiger partial charge is 0.399 e. The number of carbonyl (C=O) groups is 2. The second-order valence-corrected chi connectivity index (χ2v) is 6.92. The summed E-state index contributed by atoms with van der Waals surface area (Å²) in [6, 6.07) is 15.2. The average Bonchev–Trinajstić information content (AvgIpc) is 2.90. The fourth-order valence-electron chi connectivity index (χ4n) is 3.43. The first-order valence-corrected chi connectivity index (χ1v) is 9.46. The van der Waals surface area contributed by atoms with Crippen LogP contribution in [0.1, 0.15) is 64.8 Å². The standard InChI is InChI=1S/C22H26N2O2/c23-18-14-12-17(13-15-18)9-5-3-1-2-4-8-16-24-21(25)19-10-6-7-11-20(19)22(24)26/h6-7,10-15H,1-5,8-9,16,23H2. The van der Waals surface area contributed by atoms with E-state index < -0.39 is 0 Å². The van der Waals surface area contributed by atoms with Gasteiger partial charge in [-0.25, -0.2) is 0 Å². The summed E-state index contributed by atoms with van der Waals surface area (Å²) in [7, 11) is 0. The number of hydrogen-bond acceptors (Lipinski definition) is 3. The minimum absolute atomic E-state index is 0.144. The zero-order valence-electron chi connectivity index (χ0n) is 15.1. The Balaban J connectivity index is 1.29. The molecule has 2 amide bonds. The third kappa shape index (κ3) is 4.31. The van der Waals surface area contributed by atoms with E-state index in [1.54, 1.807) is 24.3 Å². The first-order valence-electron chi connectivity index (χ1n) is 9.46. The lowest BCUT2D eigenvalue weighted by Gasteiger charge is -2.13. The van der Waals surface area contributed by atoms with Gasteiger partial charge in [0.1, 0.15) is 0 Å². The van der Waals surface area contributed by atoms with Crippen LogP contribution in [0, 0.1) is 0 Å². The number of anilines is 1. The van der Waals surface area contributed by atoms with Crippen molar-refractivity contribution in [3.8, 4) is 0 Å². The van der Waals surface area contributed by atoms with Gasteiger partial charge in [-0.2, -0.15) is 0 Å². The van der Waals surface area contributed by atoms with Gasteiger partial charge >= 0.3 is 0 Å². The van der Waals surface area contributed by atoms with Crippen LogP contribution in [0.3, 0.4) is 0 Å². The van der Waals surface area contributed by atoms with E-state index in [1.807, 2.05) is 12.1 Å². The van der Waals surface area contributed by atoms with Crippen molar-refractivity contribution >= 4 is 17.5 Å². The van der Waals surface area contributed by atoms with E-state index >= 15 is 0 Å². The molecule has 1 heterocycles. The monoisotopic (exact) mass is 350 g/mol. The summed E-state index contributed by atoms with van der Waals surface area (Å²) in [5, 5.41) is 0. The number of imide groups is 1. The minimum atomic E-state index is -0.144. The Bertz CT molecular complexity index is 733. The summed E-state index contributed by atoms with van der Waals surface area (Å²) in [5.74, 6) is -0.289. The smallest absolute Gasteiger partial charge is 0.261 e. The summed E-state index contributed by atoms with van der Waals surface area (Å²) in [6.07, 6.45) is 7.75. The molecule has 26 heavy (non-hydrogen) atoms. The van der Waals surface area contributed by atoms with Crippen LogP contribution < -0.4 is 5.73 Å². The van der Waals surface area contributed by atoms with Gasteiger partial charge in [-0.15, -0.1) is 0 Å². The van der Waals surface area contributed by atoms with Gasteiger partial charge in [0.25, 0.3) is 11.8 Å². The van der Waals surface area contributed by atoms with Gasteiger partial charge in [-0.1, -0.05) is 49.9 Å². The molecule has 2 N–H and O–H groups in total. The number of nitrogens with two attached hydrogens (primary N) is 1. The molecule has 0 atom stereocenters. The van der Waals surface area contributed by atoms with Gasteiger partial charge in [0.05, 0.1) is 11.1 Å². The molecule has 0 radical (unpaired) electrons. The van der Waals surface area contributed by atoms with Gasteiger partial charge in [-0.3, -0.25) is 14.5 Å². The van der Waals surface area contributed by atoms with E-state index in [2.05, 4.69) is 12.1 Å². The molecule has 1 aliphatic heterocycles. The Morgan fingerprint density at radius 1 is 0.692 bits per heavy atom. The SMILES string of the molecule is Nc1ccc(CCCCCCCCN2C(=O)c3ccccc3C2=O)cc1. The number of hydrogen-bond donors (Lipinski definition) is 1. The maximum Gasteiger partial charge on any atom is 0.261 e. The number of nitrogen functional groups attached to an aromatic ring is 1. The van der Waals surface area contributed by atoms with Gasteiger partial charge in [0, 0.05) is 12.2 Å². The third-order valence-electron chi connectivity index (χ3n) is 4.96. The molecule has 0 saturated carbocycles. The highest BCUT2D eigenvalue weighted by Gasteiger charge is 2.34. The lowest BCUT2D eigenvalue weighted by atomic mass is 10.0. The molecule has 0 bridgehead atoms. The summed E-state index contributed by atoms with van der Waals surface area (Å²) >= 11 is 0. The molecule has 0 spiro atoms. The van der Waals surface area contributed by atoms with Crippen molar-refractivity contribution in [1.29, 1.82) is 0 Å². The van der Waals surface area contributed by atoms with Gasteiger partial charge in [0.15, 0.2) is 0 Å². The molecule has 0 fully saturated rings. The van der Waals surface area contributed by atoms with E-state index in [9.17, 15) is 9.59 Å². The number of fused-ring (bicyclic) bond motifs is 1. The third-order valence-corrected chi connectivity index (χ3v) is 4.96. The van der Waals surface area contributed by atoms with Crippen molar-refractivity contribution in [2.45, 2.75) is 44.9 Å². The lowest BCUT2D eigenvalue weighted by Crippen LogP contribution is -2.30. The van der Waals surface area contributed by atoms with Gasteiger partial charge < -0.3 is 5.73 Å². The van der Waals surface area contributed by atoms with E-state index in [-0.39, 0.29) is 11.8 Å². The molecule has 136 valence electrons. The molecular weight excluding hydrogens is 324 g/mol. The second kappa shape index (κ2) is 8.65. The first-order chi connectivity index (χ1) is 12.7. The maximum absolute atomic E-state index is 12.3. The van der Waals surface area contributed by atoms with Crippen molar-refractivity contribution < 1.29 is 9.59 Å². The summed E-state index contributed by atoms with van der Waals surface area (Å²) in [5.41, 5.74) is 8.92. The number of aryl methyl sites for hydroxylation is 1. The molecule has 1 aliphatic rings. The molecule has 0 saturated heterocycles. The molecule has 2 aromatic carbocycles. The van der Waals surface area contributed by atoms with Crippen LogP contribution in [-0.4, -0.2) is 23.3 Å². The zero-order valence-corrected chi connectivity index (χ0v) is 15.1. The van der Waals surface area contributed by atoms with E-state index in [0.29, 0.717) is 17.7 Å². The molecule has 0 unspecified atom stereocenters. The van der Waals surface area contributed by atoms with Crippen LogP contribution in [0.2, 0.25) is 0 Å². The Labute approximate surface area is 155 Å². The van der Waals surface area contributed by atoms with Crippen LogP contribution >= 0.6 is 0 Å². The number of carbonyl (C=O) groups excluding carboxylic acids is 2. The maximum atomic E-state index is 12.3. The highest BCUT2D eigenvalue weighted by Crippen LogP contribution is 2.23. The molecule has 2 aromatic rings. The van der Waals surface area contributed by atoms with Crippen molar-refractivity contribution in [3.63, 3.8) is 0 Å². The van der Waals surface area contributed by atoms with E-state index in [4.69, 9.17) is 5.73 Å². The van der Waals surface area contributed by atoms with Crippen molar-refractivity contribution in [2.75, 3.05) is 12.3 Å². The molecule has 4 nitrogen and oxygen atoms in total. The van der Waals surface area contributed by atoms with Crippen LogP contribution in [0.15, 0.2) is 48.5 Å². The lowest BCUT2D eigenvalue weighted by molar-refractivity contribution is 0.0651. The van der Waals surface area contributed by atoms with Crippen molar-refractivity contribution in [2.24, 2.45) is 0 Å². The van der Waals surface area contributed by atoms with Gasteiger partial charge in [-0.05, 0) is 49.1 Å². The number of benzene rings is 2. The van der Waals surface area contributed by atoms with Crippen LogP contribution in [-0.2, 0) is 6.42 Å². The fourth-order valence-corrected chi connectivity index (χ4v) is 3.43. The molecule has 4 heteroatoms. The topological polar surface area (TPSA) is 63.4 Å². The van der Waals surface area contributed by atoms with Crippen LogP contribution in [0.25, 0.3) is 0 Å². The Hall–Kier alpha value is -2.62. The van der Waals surface area contributed by atoms with Crippen molar-refractivity contribution in [3.05, 3.63) is 65.2 Å². The molecule has 3 rings (SSSR count). The molecule has 0 aromatic heterocycles. The normalized spacial score (nSPS) is 13.3. The highest BCUT2D eigenvalue weighted by molar-refractivity contribution is 6.21.